The summed E-state index contributed by atoms with van der Waals surface area (Å²) >= 11 is 0. The van der Waals surface area contributed by atoms with Gasteiger partial charge in [-0.15, -0.1) is 0 Å². The summed E-state index contributed by atoms with van der Waals surface area (Å²) in [5.74, 6) is -0.620. The van der Waals surface area contributed by atoms with Crippen molar-refractivity contribution in [2.24, 2.45) is 11.7 Å². The maximum absolute atomic E-state index is 11.6. The second-order valence-electron chi connectivity index (χ2n) is 4.20. The molecule has 5 nitrogen and oxygen atoms in total. The van der Waals surface area contributed by atoms with E-state index in [0.717, 1.165) is 0 Å². The van der Waals surface area contributed by atoms with Crippen molar-refractivity contribution in [1.29, 1.82) is 0 Å². The molecule has 2 unspecified atom stereocenters. The first kappa shape index (κ1) is 16.9. The highest BCUT2D eigenvalue weighted by atomic mass is 16.5. The molecule has 0 saturated heterocycles. The third-order valence-corrected chi connectivity index (χ3v) is 2.72. The zero-order chi connectivity index (χ0) is 14.0. The Morgan fingerprint density at radius 2 is 1.72 bits per heavy atom. The number of nitrogens with two attached hydrogens (primary N) is 1. The van der Waals surface area contributed by atoms with Crippen LogP contribution in [0.3, 0.4) is 0 Å². The van der Waals surface area contributed by atoms with Crippen molar-refractivity contribution < 1.29 is 19.1 Å². The third-order valence-electron chi connectivity index (χ3n) is 2.72. The van der Waals surface area contributed by atoms with Gasteiger partial charge in [0.15, 0.2) is 0 Å². The summed E-state index contributed by atoms with van der Waals surface area (Å²) in [6.07, 6.45) is 2.09. The van der Waals surface area contributed by atoms with Crippen LogP contribution in [0.5, 0.6) is 0 Å². The predicted octanol–water partition coefficient (Wildman–Crippen LogP) is 1.64. The van der Waals surface area contributed by atoms with E-state index in [0.29, 0.717) is 38.9 Å². The number of carbonyl (C=O) groups excluding carboxylic acids is 2. The summed E-state index contributed by atoms with van der Waals surface area (Å²) in [5.41, 5.74) is 5.91. The maximum Gasteiger partial charge on any atom is 0.308 e. The number of hydrogen-bond donors (Lipinski definition) is 1. The second-order valence-corrected chi connectivity index (χ2v) is 4.20. The van der Waals surface area contributed by atoms with E-state index >= 15 is 0 Å². The highest BCUT2D eigenvalue weighted by molar-refractivity contribution is 5.72. The van der Waals surface area contributed by atoms with Crippen molar-refractivity contribution in [3.63, 3.8) is 0 Å². The average molecular weight is 259 g/mol. The van der Waals surface area contributed by atoms with Gasteiger partial charge in [0, 0.05) is 12.5 Å². The summed E-state index contributed by atoms with van der Waals surface area (Å²) in [4.78, 5) is 22.8. The molecule has 2 atom stereocenters. The van der Waals surface area contributed by atoms with Crippen LogP contribution in [0.2, 0.25) is 0 Å². The van der Waals surface area contributed by atoms with Crippen LogP contribution in [0.1, 0.15) is 46.5 Å². The van der Waals surface area contributed by atoms with Gasteiger partial charge in [-0.2, -0.15) is 0 Å². The van der Waals surface area contributed by atoms with Gasteiger partial charge in [0.2, 0.25) is 0 Å². The van der Waals surface area contributed by atoms with Crippen LogP contribution in [0.25, 0.3) is 0 Å². The van der Waals surface area contributed by atoms with E-state index in [1.54, 1.807) is 13.8 Å². The fourth-order valence-electron chi connectivity index (χ4n) is 1.71. The van der Waals surface area contributed by atoms with E-state index < -0.39 is 0 Å². The summed E-state index contributed by atoms with van der Waals surface area (Å²) in [6.45, 7) is 6.25. The standard InChI is InChI=1S/C13H25NO4/c1-4-10(13(16)18-6-3)9-11(14)7-8-12(15)17-5-2/h10-11H,4-9,14H2,1-3H3. The van der Waals surface area contributed by atoms with Crippen LogP contribution >= 0.6 is 0 Å². The van der Waals surface area contributed by atoms with Crippen molar-refractivity contribution in [3.05, 3.63) is 0 Å². The van der Waals surface area contributed by atoms with Gasteiger partial charge in [-0.05, 0) is 33.1 Å². The molecule has 0 aromatic carbocycles. The molecule has 0 saturated carbocycles. The smallest absolute Gasteiger partial charge is 0.308 e. The molecule has 0 fully saturated rings. The zero-order valence-corrected chi connectivity index (χ0v) is 11.6. The number of carbonyl (C=O) groups is 2. The Morgan fingerprint density at radius 3 is 2.22 bits per heavy atom. The lowest BCUT2D eigenvalue weighted by atomic mass is 9.95. The van der Waals surface area contributed by atoms with Crippen LogP contribution in [0, 0.1) is 5.92 Å². The largest absolute Gasteiger partial charge is 0.466 e. The quantitative estimate of drug-likeness (QED) is 0.637. The van der Waals surface area contributed by atoms with Gasteiger partial charge in [-0.25, -0.2) is 0 Å². The Balaban J connectivity index is 3.99. The van der Waals surface area contributed by atoms with Crippen LogP contribution in [0.15, 0.2) is 0 Å². The zero-order valence-electron chi connectivity index (χ0n) is 11.6. The molecule has 106 valence electrons. The summed E-state index contributed by atoms with van der Waals surface area (Å²) in [6, 6.07) is -0.177. The lowest BCUT2D eigenvalue weighted by Crippen LogP contribution is -2.29. The van der Waals surface area contributed by atoms with Gasteiger partial charge >= 0.3 is 11.9 Å². The maximum atomic E-state index is 11.6. The first-order valence-corrected chi connectivity index (χ1v) is 6.62. The minimum absolute atomic E-state index is 0.177. The molecule has 0 amide bonds. The Morgan fingerprint density at radius 1 is 1.11 bits per heavy atom. The molecule has 5 heteroatoms. The van der Waals surface area contributed by atoms with Crippen molar-refractivity contribution >= 4 is 11.9 Å². The normalized spacial score (nSPS) is 13.8. The summed E-state index contributed by atoms with van der Waals surface area (Å²) in [7, 11) is 0. The second kappa shape index (κ2) is 9.88. The van der Waals surface area contributed by atoms with E-state index in [9.17, 15) is 9.59 Å². The lowest BCUT2D eigenvalue weighted by molar-refractivity contribution is -0.148. The number of esters is 2. The molecular weight excluding hydrogens is 234 g/mol. The molecule has 0 radical (unpaired) electrons. The van der Waals surface area contributed by atoms with Crippen LogP contribution in [-0.4, -0.2) is 31.2 Å². The molecule has 0 heterocycles. The van der Waals surface area contributed by atoms with Gasteiger partial charge in [0.05, 0.1) is 19.1 Å². The van der Waals surface area contributed by atoms with Crippen LogP contribution in [-0.2, 0) is 19.1 Å². The van der Waals surface area contributed by atoms with Crippen LogP contribution in [0.4, 0.5) is 0 Å². The van der Waals surface area contributed by atoms with Gasteiger partial charge in [-0.3, -0.25) is 9.59 Å². The van der Waals surface area contributed by atoms with Crippen molar-refractivity contribution in [2.45, 2.75) is 52.5 Å². The molecule has 0 aliphatic carbocycles. The minimum atomic E-state index is -0.239. The molecule has 0 bridgehead atoms. The van der Waals surface area contributed by atoms with Crippen molar-refractivity contribution in [3.8, 4) is 0 Å². The highest BCUT2D eigenvalue weighted by Crippen LogP contribution is 2.15. The number of hydrogen-bond acceptors (Lipinski definition) is 5. The van der Waals surface area contributed by atoms with Gasteiger partial charge in [0.25, 0.3) is 0 Å². The Labute approximate surface area is 109 Å². The topological polar surface area (TPSA) is 78.6 Å². The van der Waals surface area contributed by atoms with E-state index in [4.69, 9.17) is 15.2 Å². The monoisotopic (exact) mass is 259 g/mol. The number of ether oxygens (including phenoxy) is 2. The Kier molecular flexibility index (Phi) is 9.28. The van der Waals surface area contributed by atoms with E-state index in [2.05, 4.69) is 0 Å². The molecule has 0 aromatic heterocycles. The van der Waals surface area contributed by atoms with Crippen molar-refractivity contribution in [2.75, 3.05) is 13.2 Å². The Hall–Kier alpha value is -1.10. The fourth-order valence-corrected chi connectivity index (χ4v) is 1.71. The van der Waals surface area contributed by atoms with E-state index in [-0.39, 0.29) is 23.9 Å². The third kappa shape index (κ3) is 7.27. The molecule has 0 spiro atoms. The highest BCUT2D eigenvalue weighted by Gasteiger charge is 2.21. The van der Waals surface area contributed by atoms with Crippen molar-refractivity contribution in [1.82, 2.24) is 0 Å². The summed E-state index contributed by atoms with van der Waals surface area (Å²) < 4.78 is 9.80. The molecule has 0 aromatic rings. The SMILES string of the molecule is CCOC(=O)CCC(N)CC(CC)C(=O)OCC. The first-order chi connectivity index (χ1) is 8.54. The number of rotatable bonds is 9. The Bertz CT molecular complexity index is 255. The van der Waals surface area contributed by atoms with Gasteiger partial charge in [0.1, 0.15) is 0 Å². The van der Waals surface area contributed by atoms with Gasteiger partial charge < -0.3 is 15.2 Å². The van der Waals surface area contributed by atoms with Gasteiger partial charge in [-0.1, -0.05) is 6.92 Å². The van der Waals surface area contributed by atoms with E-state index in [1.165, 1.54) is 0 Å². The fraction of sp³-hybridized carbons (Fsp3) is 0.846. The minimum Gasteiger partial charge on any atom is -0.466 e. The molecule has 0 rings (SSSR count). The molecule has 18 heavy (non-hydrogen) atoms. The predicted molar refractivity (Wildman–Crippen MR) is 68.9 cm³/mol. The molecule has 2 N–H and O–H groups in total. The lowest BCUT2D eigenvalue weighted by Gasteiger charge is -2.18. The molecule has 0 aliphatic heterocycles. The molecular formula is C13H25NO4. The summed E-state index contributed by atoms with van der Waals surface area (Å²) in [5, 5.41) is 0. The van der Waals surface area contributed by atoms with Crippen LogP contribution < -0.4 is 5.73 Å². The first-order valence-electron chi connectivity index (χ1n) is 6.62. The molecule has 0 aliphatic rings. The van der Waals surface area contributed by atoms with E-state index in [1.807, 2.05) is 6.92 Å². The average Bonchev–Trinajstić information content (AvgIpc) is 2.34.